The van der Waals surface area contributed by atoms with Crippen molar-refractivity contribution in [2.45, 2.75) is 63.1 Å². The molecule has 0 aliphatic heterocycles. The number of halogens is 3. The molecular formula is C30H32Cl2FN3O4S. The second-order valence-electron chi connectivity index (χ2n) is 10.2. The van der Waals surface area contributed by atoms with Gasteiger partial charge in [0.1, 0.15) is 18.4 Å². The summed E-state index contributed by atoms with van der Waals surface area (Å²) in [6.45, 7) is 2.43. The van der Waals surface area contributed by atoms with E-state index in [2.05, 4.69) is 5.32 Å². The van der Waals surface area contributed by atoms with Gasteiger partial charge in [-0.1, -0.05) is 78.0 Å². The van der Waals surface area contributed by atoms with Crippen LogP contribution in [0.25, 0.3) is 0 Å². The highest BCUT2D eigenvalue weighted by atomic mass is 35.5. The maximum absolute atomic E-state index is 14.7. The maximum atomic E-state index is 14.7. The molecular weight excluding hydrogens is 588 g/mol. The fraction of sp³-hybridized carbons (Fsp3) is 0.333. The van der Waals surface area contributed by atoms with Gasteiger partial charge in [-0.05, 0) is 57.0 Å². The Morgan fingerprint density at radius 2 is 1.66 bits per heavy atom. The molecule has 1 atom stereocenters. The van der Waals surface area contributed by atoms with Crippen molar-refractivity contribution in [3.8, 4) is 0 Å². The van der Waals surface area contributed by atoms with E-state index in [0.717, 1.165) is 35.6 Å². The smallest absolute Gasteiger partial charge is 0.264 e. The van der Waals surface area contributed by atoms with E-state index in [1.165, 1.54) is 53.4 Å². The lowest BCUT2D eigenvalue weighted by Gasteiger charge is -2.32. The molecule has 0 saturated heterocycles. The minimum atomic E-state index is -4.32. The molecule has 218 valence electrons. The molecule has 1 saturated carbocycles. The zero-order valence-corrected chi connectivity index (χ0v) is 25.1. The van der Waals surface area contributed by atoms with Gasteiger partial charge >= 0.3 is 0 Å². The zero-order chi connectivity index (χ0) is 29.7. The van der Waals surface area contributed by atoms with Crippen LogP contribution in [0.2, 0.25) is 10.0 Å². The van der Waals surface area contributed by atoms with Crippen LogP contribution in [0.3, 0.4) is 0 Å². The maximum Gasteiger partial charge on any atom is 0.264 e. The quantitative estimate of drug-likeness (QED) is 0.296. The van der Waals surface area contributed by atoms with Crippen molar-refractivity contribution in [1.82, 2.24) is 10.2 Å². The summed E-state index contributed by atoms with van der Waals surface area (Å²) in [6.07, 6.45) is 3.69. The summed E-state index contributed by atoms with van der Waals surface area (Å²) in [5.41, 5.74) is 1.04. The Labute approximate surface area is 250 Å². The highest BCUT2D eigenvalue weighted by Crippen LogP contribution is 2.35. The number of sulfonamides is 1. The Bertz CT molecular complexity index is 1510. The molecule has 0 radical (unpaired) electrons. The van der Waals surface area contributed by atoms with Crippen LogP contribution in [0.15, 0.2) is 71.6 Å². The van der Waals surface area contributed by atoms with Gasteiger partial charge in [0, 0.05) is 18.2 Å². The Hall–Kier alpha value is -3.14. The highest BCUT2D eigenvalue weighted by molar-refractivity contribution is 7.92. The normalized spacial score (nSPS) is 14.5. The first kappa shape index (κ1) is 30.8. The van der Waals surface area contributed by atoms with E-state index < -0.39 is 40.2 Å². The average molecular weight is 621 g/mol. The topological polar surface area (TPSA) is 86.8 Å². The molecule has 11 heteroatoms. The Morgan fingerprint density at radius 3 is 2.32 bits per heavy atom. The lowest BCUT2D eigenvalue weighted by molar-refractivity contribution is -0.139. The van der Waals surface area contributed by atoms with Gasteiger partial charge in [-0.2, -0.15) is 0 Å². The van der Waals surface area contributed by atoms with Gasteiger partial charge in [0.2, 0.25) is 11.8 Å². The first-order valence-electron chi connectivity index (χ1n) is 13.4. The number of rotatable bonds is 10. The van der Waals surface area contributed by atoms with E-state index in [9.17, 15) is 22.4 Å². The molecule has 0 unspecified atom stereocenters. The fourth-order valence-corrected chi connectivity index (χ4v) is 6.69. The highest BCUT2D eigenvalue weighted by Gasteiger charge is 2.34. The first-order valence-corrected chi connectivity index (χ1v) is 15.6. The van der Waals surface area contributed by atoms with E-state index in [0.29, 0.717) is 0 Å². The summed E-state index contributed by atoms with van der Waals surface area (Å²) in [7, 11) is -4.32. The van der Waals surface area contributed by atoms with E-state index >= 15 is 0 Å². The third-order valence-corrected chi connectivity index (χ3v) is 9.84. The first-order chi connectivity index (χ1) is 19.5. The monoisotopic (exact) mass is 619 g/mol. The van der Waals surface area contributed by atoms with Crippen LogP contribution in [0.1, 0.15) is 43.7 Å². The second-order valence-corrected chi connectivity index (χ2v) is 12.8. The van der Waals surface area contributed by atoms with Crippen LogP contribution < -0.4 is 9.62 Å². The number of aryl methyl sites for hydroxylation is 1. The molecule has 0 heterocycles. The van der Waals surface area contributed by atoms with Crippen molar-refractivity contribution in [2.75, 3.05) is 10.8 Å². The Kier molecular flexibility index (Phi) is 9.94. The summed E-state index contributed by atoms with van der Waals surface area (Å²) >= 11 is 12.7. The number of amides is 2. The molecule has 1 fully saturated rings. The van der Waals surface area contributed by atoms with Gasteiger partial charge in [-0.3, -0.25) is 13.9 Å². The molecule has 1 N–H and O–H groups in total. The predicted molar refractivity (Wildman–Crippen MR) is 159 cm³/mol. The van der Waals surface area contributed by atoms with Gasteiger partial charge in [-0.15, -0.1) is 0 Å². The lowest BCUT2D eigenvalue weighted by atomic mass is 10.1. The molecule has 4 rings (SSSR count). The molecule has 0 bridgehead atoms. The van der Waals surface area contributed by atoms with Crippen molar-refractivity contribution in [3.63, 3.8) is 0 Å². The number of benzene rings is 3. The van der Waals surface area contributed by atoms with Crippen molar-refractivity contribution in [3.05, 3.63) is 93.7 Å². The molecule has 7 nitrogen and oxygen atoms in total. The van der Waals surface area contributed by atoms with Crippen LogP contribution in [-0.2, 0) is 26.2 Å². The number of anilines is 1. The fourth-order valence-electron chi connectivity index (χ4n) is 4.82. The van der Waals surface area contributed by atoms with E-state index in [1.807, 2.05) is 6.92 Å². The summed E-state index contributed by atoms with van der Waals surface area (Å²) in [5.74, 6) is -1.65. The molecule has 0 aromatic heterocycles. The number of nitrogens with one attached hydrogen (secondary N) is 1. The van der Waals surface area contributed by atoms with Gasteiger partial charge in [0.25, 0.3) is 10.0 Å². The Balaban J connectivity index is 1.73. The molecule has 1 aliphatic carbocycles. The van der Waals surface area contributed by atoms with E-state index in [1.54, 1.807) is 25.1 Å². The number of carbonyl (C=O) groups excluding carboxylic acids is 2. The summed E-state index contributed by atoms with van der Waals surface area (Å²) < 4.78 is 43.4. The Morgan fingerprint density at radius 1 is 1.00 bits per heavy atom. The molecule has 0 spiro atoms. The molecule has 1 aliphatic rings. The number of hydrogen-bond acceptors (Lipinski definition) is 4. The van der Waals surface area contributed by atoms with Gasteiger partial charge in [-0.25, -0.2) is 12.8 Å². The van der Waals surface area contributed by atoms with Crippen molar-refractivity contribution in [1.29, 1.82) is 0 Å². The van der Waals surface area contributed by atoms with Gasteiger partial charge in [0.05, 0.1) is 20.6 Å². The lowest BCUT2D eigenvalue weighted by Crippen LogP contribution is -2.52. The van der Waals surface area contributed by atoms with Crippen molar-refractivity contribution >= 4 is 50.7 Å². The van der Waals surface area contributed by atoms with Crippen LogP contribution in [-0.4, -0.2) is 43.8 Å². The van der Waals surface area contributed by atoms with Gasteiger partial charge < -0.3 is 10.2 Å². The second kappa shape index (κ2) is 13.2. The van der Waals surface area contributed by atoms with Crippen molar-refractivity contribution in [2.24, 2.45) is 0 Å². The van der Waals surface area contributed by atoms with Crippen LogP contribution in [0.5, 0.6) is 0 Å². The SMILES string of the molecule is Cc1ccc(S(=O)(=O)N(CC(=O)N(Cc2ccccc2F)[C@@H](C)C(=O)NC2CCCC2)c2cccc(Cl)c2Cl)cc1. The molecule has 3 aromatic carbocycles. The van der Waals surface area contributed by atoms with E-state index in [-0.39, 0.29) is 38.8 Å². The average Bonchev–Trinajstić information content (AvgIpc) is 3.45. The van der Waals surface area contributed by atoms with Gasteiger partial charge in [0.15, 0.2) is 0 Å². The zero-order valence-electron chi connectivity index (χ0n) is 22.8. The summed E-state index contributed by atoms with van der Waals surface area (Å²) in [5, 5.41) is 3.03. The minimum Gasteiger partial charge on any atom is -0.352 e. The molecule has 2 amide bonds. The predicted octanol–water partition coefficient (Wildman–Crippen LogP) is 6.11. The molecule has 3 aromatic rings. The van der Waals surface area contributed by atoms with Crippen LogP contribution in [0, 0.1) is 12.7 Å². The largest absolute Gasteiger partial charge is 0.352 e. The van der Waals surface area contributed by atoms with E-state index in [4.69, 9.17) is 23.2 Å². The summed E-state index contributed by atoms with van der Waals surface area (Å²) in [4.78, 5) is 28.4. The third kappa shape index (κ3) is 7.20. The minimum absolute atomic E-state index is 0.000885. The number of nitrogens with zero attached hydrogens (tertiary/aromatic N) is 2. The molecule has 41 heavy (non-hydrogen) atoms. The summed E-state index contributed by atoms with van der Waals surface area (Å²) in [6, 6.07) is 15.6. The number of carbonyl (C=O) groups is 2. The van der Waals surface area contributed by atoms with Crippen LogP contribution in [0.4, 0.5) is 10.1 Å². The van der Waals surface area contributed by atoms with Crippen LogP contribution >= 0.6 is 23.2 Å². The number of hydrogen-bond donors (Lipinski definition) is 1. The standard InChI is InChI=1S/C30H32Cl2FN3O4S/c1-20-14-16-24(17-15-20)41(39,40)36(27-13-7-11-25(31)29(27)32)19-28(37)35(18-22-8-3-6-12-26(22)33)21(2)30(38)34-23-9-4-5-10-23/h3,6-8,11-17,21,23H,4-5,9-10,18-19H2,1-2H3,(H,34,38)/t21-/m0/s1. The van der Waals surface area contributed by atoms with Crippen molar-refractivity contribution < 1.29 is 22.4 Å². The third-order valence-electron chi connectivity index (χ3n) is 7.26.